The fourth-order valence-corrected chi connectivity index (χ4v) is 4.96. The van der Waals surface area contributed by atoms with E-state index in [4.69, 9.17) is 27.9 Å². The average molecular weight is 566 g/mol. The van der Waals surface area contributed by atoms with E-state index in [1.165, 1.54) is 18.9 Å². The molecule has 0 aliphatic carbocycles. The number of aromatic nitrogens is 5. The van der Waals surface area contributed by atoms with Crippen LogP contribution in [0.15, 0.2) is 77.6 Å². The third-order valence-corrected chi connectivity index (χ3v) is 7.39. The number of aromatic amines is 1. The smallest absolute Gasteiger partial charge is 0.345 e. The standard InChI is InChI=1S/C27H21Cl2N5O3S/c1-15-7-12-18(13-19(15)29)34-25(16-8-10-17(28)11-9-16)32-33-27(34)38-14-22(35)23(26(36)37-2)24-30-20-5-3-4-6-21(20)31-24/h3-13,35H,14H2,1-2H3,(H,30,31). The fraction of sp³-hybridized carbons (Fsp3) is 0.111. The first-order chi connectivity index (χ1) is 18.4. The number of rotatable bonds is 7. The number of ether oxygens (including phenoxy) is 1. The number of thioether (sulfide) groups is 1. The van der Waals surface area contributed by atoms with Gasteiger partial charge in [0.25, 0.3) is 0 Å². The number of halogens is 2. The maximum atomic E-state index is 12.6. The number of esters is 1. The first-order valence-electron chi connectivity index (χ1n) is 11.4. The zero-order valence-corrected chi connectivity index (χ0v) is 22.6. The number of nitrogens with one attached hydrogen (secondary N) is 1. The molecule has 8 nitrogen and oxygen atoms in total. The number of aryl methyl sites for hydroxylation is 1. The Bertz CT molecular complexity index is 1650. The predicted molar refractivity (Wildman–Crippen MR) is 150 cm³/mol. The van der Waals surface area contributed by atoms with Gasteiger partial charge >= 0.3 is 5.97 Å². The van der Waals surface area contributed by atoms with Gasteiger partial charge in [0.1, 0.15) is 17.2 Å². The van der Waals surface area contributed by atoms with Crippen LogP contribution in [0.3, 0.4) is 0 Å². The molecule has 2 heterocycles. The van der Waals surface area contributed by atoms with Crippen LogP contribution in [0.4, 0.5) is 0 Å². The summed E-state index contributed by atoms with van der Waals surface area (Å²) in [4.78, 5) is 20.2. The quantitative estimate of drug-likeness (QED) is 0.0982. The van der Waals surface area contributed by atoms with Crippen LogP contribution in [0.1, 0.15) is 11.4 Å². The summed E-state index contributed by atoms with van der Waals surface area (Å²) in [6, 6.07) is 20.2. The summed E-state index contributed by atoms with van der Waals surface area (Å²) in [5, 5.41) is 21.5. The van der Waals surface area contributed by atoms with E-state index < -0.39 is 5.97 Å². The van der Waals surface area contributed by atoms with Gasteiger partial charge in [0.2, 0.25) is 0 Å². The number of H-pyrrole nitrogens is 1. The molecule has 0 aliphatic rings. The van der Waals surface area contributed by atoms with Crippen LogP contribution in [0, 0.1) is 6.92 Å². The van der Waals surface area contributed by atoms with Gasteiger partial charge < -0.3 is 14.8 Å². The van der Waals surface area contributed by atoms with Gasteiger partial charge in [0, 0.05) is 15.6 Å². The van der Waals surface area contributed by atoms with E-state index in [9.17, 15) is 9.90 Å². The number of carbonyl (C=O) groups excluding carboxylic acids is 1. The van der Waals surface area contributed by atoms with Crippen molar-refractivity contribution in [1.82, 2.24) is 24.7 Å². The van der Waals surface area contributed by atoms with Crippen molar-refractivity contribution in [2.75, 3.05) is 12.9 Å². The minimum atomic E-state index is -0.712. The summed E-state index contributed by atoms with van der Waals surface area (Å²) in [5.41, 5.74) is 3.80. The van der Waals surface area contributed by atoms with Gasteiger partial charge in [-0.2, -0.15) is 0 Å². The summed E-state index contributed by atoms with van der Waals surface area (Å²) in [7, 11) is 1.25. The molecule has 0 radical (unpaired) electrons. The molecule has 2 N–H and O–H groups in total. The van der Waals surface area contributed by atoms with E-state index in [0.717, 1.165) is 22.3 Å². The largest absolute Gasteiger partial charge is 0.510 e. The molecule has 5 rings (SSSR count). The van der Waals surface area contributed by atoms with E-state index in [0.29, 0.717) is 26.5 Å². The fourth-order valence-electron chi connectivity index (χ4n) is 3.83. The lowest BCUT2D eigenvalue weighted by Gasteiger charge is -2.12. The number of hydrogen-bond donors (Lipinski definition) is 2. The molecular formula is C27H21Cl2N5O3S. The highest BCUT2D eigenvalue weighted by Gasteiger charge is 2.24. The van der Waals surface area contributed by atoms with E-state index in [1.807, 2.05) is 66.1 Å². The first kappa shape index (κ1) is 25.8. The number of imidazole rings is 1. The van der Waals surface area contributed by atoms with Crippen LogP contribution in [0.25, 0.3) is 33.7 Å². The van der Waals surface area contributed by atoms with Crippen molar-refractivity contribution >= 4 is 57.5 Å². The van der Waals surface area contributed by atoms with Gasteiger partial charge in [-0.15, -0.1) is 10.2 Å². The van der Waals surface area contributed by atoms with Crippen LogP contribution < -0.4 is 0 Å². The number of methoxy groups -OCH3 is 1. The van der Waals surface area contributed by atoms with E-state index in [2.05, 4.69) is 20.2 Å². The SMILES string of the molecule is COC(=O)C(=C(O)CSc1nnc(-c2ccc(Cl)cc2)n1-c1ccc(C)c(Cl)c1)c1nc2ccccc2[nH]1. The van der Waals surface area contributed by atoms with Crippen LogP contribution in [0.5, 0.6) is 0 Å². The monoisotopic (exact) mass is 565 g/mol. The van der Waals surface area contributed by atoms with Crippen LogP contribution >= 0.6 is 35.0 Å². The molecule has 0 aliphatic heterocycles. The minimum Gasteiger partial charge on any atom is -0.510 e. The van der Waals surface area contributed by atoms with Gasteiger partial charge in [-0.1, -0.05) is 53.2 Å². The number of carbonyl (C=O) groups is 1. The third kappa shape index (κ3) is 5.13. The molecule has 0 atom stereocenters. The second kappa shape index (κ2) is 10.9. The highest BCUT2D eigenvalue weighted by atomic mass is 35.5. The summed E-state index contributed by atoms with van der Waals surface area (Å²) < 4.78 is 6.78. The van der Waals surface area contributed by atoms with Gasteiger partial charge in [0.15, 0.2) is 11.0 Å². The third-order valence-electron chi connectivity index (χ3n) is 5.79. The highest BCUT2D eigenvalue weighted by Crippen LogP contribution is 2.32. The van der Waals surface area contributed by atoms with E-state index in [1.54, 1.807) is 12.1 Å². The molecule has 2 aromatic heterocycles. The Labute approximate surface area is 232 Å². The van der Waals surface area contributed by atoms with Crippen LogP contribution in [0.2, 0.25) is 10.0 Å². The topological polar surface area (TPSA) is 106 Å². The van der Waals surface area contributed by atoms with Crippen molar-refractivity contribution in [3.05, 3.63) is 93.9 Å². The zero-order valence-electron chi connectivity index (χ0n) is 20.3. The normalized spacial score (nSPS) is 12.0. The van der Waals surface area contributed by atoms with Crippen molar-refractivity contribution in [2.24, 2.45) is 0 Å². The molecule has 0 amide bonds. The maximum absolute atomic E-state index is 12.6. The Morgan fingerprint density at radius 2 is 1.84 bits per heavy atom. The number of hydrogen-bond acceptors (Lipinski definition) is 7. The summed E-state index contributed by atoms with van der Waals surface area (Å²) in [6.07, 6.45) is 0. The van der Waals surface area contributed by atoms with Crippen molar-refractivity contribution in [3.8, 4) is 17.1 Å². The average Bonchev–Trinajstić information content (AvgIpc) is 3.54. The molecular weight excluding hydrogens is 545 g/mol. The molecule has 0 unspecified atom stereocenters. The molecule has 0 saturated heterocycles. The van der Waals surface area contributed by atoms with E-state index >= 15 is 0 Å². The lowest BCUT2D eigenvalue weighted by Crippen LogP contribution is -2.10. The first-order valence-corrected chi connectivity index (χ1v) is 13.2. The number of aliphatic hydroxyl groups excluding tert-OH is 1. The van der Waals surface area contributed by atoms with Crippen LogP contribution in [-0.4, -0.2) is 48.7 Å². The Morgan fingerprint density at radius 3 is 2.55 bits per heavy atom. The lowest BCUT2D eigenvalue weighted by molar-refractivity contribution is -0.133. The molecule has 0 spiro atoms. The Kier molecular flexibility index (Phi) is 7.42. The second-order valence-corrected chi connectivity index (χ2v) is 10.1. The molecule has 192 valence electrons. The number of aliphatic hydroxyl groups is 1. The molecule has 5 aromatic rings. The minimum absolute atomic E-state index is 0.000175. The van der Waals surface area contributed by atoms with Gasteiger partial charge in [-0.05, 0) is 61.0 Å². The van der Waals surface area contributed by atoms with Gasteiger partial charge in [-0.3, -0.25) is 4.57 Å². The maximum Gasteiger partial charge on any atom is 0.345 e. The van der Waals surface area contributed by atoms with Crippen molar-refractivity contribution in [2.45, 2.75) is 12.1 Å². The highest BCUT2D eigenvalue weighted by molar-refractivity contribution is 7.99. The zero-order chi connectivity index (χ0) is 26.8. The van der Waals surface area contributed by atoms with Crippen LogP contribution in [-0.2, 0) is 9.53 Å². The molecule has 38 heavy (non-hydrogen) atoms. The molecule has 0 bridgehead atoms. The summed E-state index contributed by atoms with van der Waals surface area (Å²) in [5.74, 6) is -0.149. The Balaban J connectivity index is 1.55. The summed E-state index contributed by atoms with van der Waals surface area (Å²) in [6.45, 7) is 1.92. The van der Waals surface area contributed by atoms with Gasteiger partial charge in [-0.25, -0.2) is 9.78 Å². The Morgan fingerprint density at radius 1 is 1.08 bits per heavy atom. The molecule has 11 heteroatoms. The van der Waals surface area contributed by atoms with Crippen molar-refractivity contribution < 1.29 is 14.6 Å². The number of fused-ring (bicyclic) bond motifs is 1. The van der Waals surface area contributed by atoms with Crippen molar-refractivity contribution in [1.29, 1.82) is 0 Å². The number of nitrogens with zero attached hydrogens (tertiary/aromatic N) is 4. The lowest BCUT2D eigenvalue weighted by atomic mass is 10.2. The number of para-hydroxylation sites is 2. The van der Waals surface area contributed by atoms with Gasteiger partial charge in [0.05, 0.1) is 29.6 Å². The number of benzene rings is 3. The molecule has 3 aromatic carbocycles. The second-order valence-electron chi connectivity index (χ2n) is 8.29. The van der Waals surface area contributed by atoms with Crippen molar-refractivity contribution in [3.63, 3.8) is 0 Å². The van der Waals surface area contributed by atoms with E-state index in [-0.39, 0.29) is 22.9 Å². The summed E-state index contributed by atoms with van der Waals surface area (Å²) >= 11 is 13.7. The predicted octanol–water partition coefficient (Wildman–Crippen LogP) is 6.66. The molecule has 0 saturated carbocycles. The Hall–Kier alpha value is -3.79. The molecule has 0 fully saturated rings.